The van der Waals surface area contributed by atoms with Gasteiger partial charge in [0.15, 0.2) is 0 Å². The Balaban J connectivity index is 1.84. The number of methoxy groups -OCH3 is 1. The average molecular weight is 438 g/mol. The SMILES string of the molecule is COc1cc2c(cn1)CC1(CCN(C(=O)OC(C)(C)C)CC1)[C@@H]2N[S@](=O)C(C)(C)C. The molecule has 0 radical (unpaired) electrons. The van der Waals surface area contributed by atoms with Crippen LogP contribution in [0.5, 0.6) is 5.88 Å². The van der Waals surface area contributed by atoms with Crippen molar-refractivity contribution < 1.29 is 18.5 Å². The fourth-order valence-corrected chi connectivity index (χ4v) is 5.16. The third-order valence-electron chi connectivity index (χ3n) is 5.86. The second kappa shape index (κ2) is 8.11. The van der Waals surface area contributed by atoms with Crippen LogP contribution in [-0.4, -0.2) is 50.7 Å². The maximum atomic E-state index is 13.0. The Labute approximate surface area is 182 Å². The van der Waals surface area contributed by atoms with Crippen molar-refractivity contribution in [1.82, 2.24) is 14.6 Å². The average Bonchev–Trinajstić information content (AvgIpc) is 2.92. The van der Waals surface area contributed by atoms with Crippen LogP contribution >= 0.6 is 0 Å². The van der Waals surface area contributed by atoms with E-state index in [1.165, 1.54) is 0 Å². The van der Waals surface area contributed by atoms with E-state index in [0.29, 0.717) is 19.0 Å². The molecule has 168 valence electrons. The van der Waals surface area contributed by atoms with Gasteiger partial charge in [-0.2, -0.15) is 0 Å². The summed E-state index contributed by atoms with van der Waals surface area (Å²) in [6.45, 7) is 12.8. The van der Waals surface area contributed by atoms with Crippen LogP contribution < -0.4 is 9.46 Å². The number of carbonyl (C=O) groups is 1. The molecule has 1 saturated heterocycles. The third-order valence-corrected chi connectivity index (χ3v) is 7.43. The predicted molar refractivity (Wildman–Crippen MR) is 118 cm³/mol. The van der Waals surface area contributed by atoms with Crippen molar-refractivity contribution in [3.63, 3.8) is 0 Å². The van der Waals surface area contributed by atoms with Crippen LogP contribution in [0.2, 0.25) is 0 Å². The normalized spacial score (nSPS) is 22.0. The van der Waals surface area contributed by atoms with E-state index in [1.807, 2.05) is 53.8 Å². The summed E-state index contributed by atoms with van der Waals surface area (Å²) < 4.78 is 27.0. The van der Waals surface area contributed by atoms with E-state index < -0.39 is 16.6 Å². The Kier molecular flexibility index (Phi) is 6.22. The van der Waals surface area contributed by atoms with Crippen LogP contribution in [0.25, 0.3) is 0 Å². The molecule has 7 nitrogen and oxygen atoms in total. The Bertz CT molecular complexity index is 821. The Hall–Kier alpha value is -1.67. The lowest BCUT2D eigenvalue weighted by Crippen LogP contribution is -2.49. The number of amides is 1. The number of nitrogens with zero attached hydrogens (tertiary/aromatic N) is 2. The Morgan fingerprint density at radius 1 is 1.23 bits per heavy atom. The molecule has 0 bridgehead atoms. The summed E-state index contributed by atoms with van der Waals surface area (Å²) in [5.41, 5.74) is 1.64. The highest BCUT2D eigenvalue weighted by molar-refractivity contribution is 7.84. The zero-order valence-electron chi connectivity index (χ0n) is 19.2. The quantitative estimate of drug-likeness (QED) is 0.779. The third kappa shape index (κ3) is 4.80. The first-order valence-corrected chi connectivity index (χ1v) is 11.7. The highest BCUT2D eigenvalue weighted by Crippen LogP contribution is 2.52. The first-order valence-electron chi connectivity index (χ1n) is 10.5. The van der Waals surface area contributed by atoms with E-state index in [-0.39, 0.29) is 22.3 Å². The topological polar surface area (TPSA) is 80.8 Å². The second-order valence-electron chi connectivity index (χ2n) is 10.4. The van der Waals surface area contributed by atoms with Gasteiger partial charge in [-0.15, -0.1) is 0 Å². The second-order valence-corrected chi connectivity index (χ2v) is 12.4. The first-order chi connectivity index (χ1) is 13.8. The molecule has 1 aliphatic carbocycles. The standard InChI is InChI=1S/C22H35N3O4S/c1-20(2,3)29-19(26)25-10-8-22(9-11-25)13-15-14-23-17(28-7)12-16(15)18(22)24-30(27)21(4,5)6/h12,14,18,24H,8-11,13H2,1-7H3/t18-,30-/m1/s1. The van der Waals surface area contributed by atoms with Gasteiger partial charge in [-0.1, -0.05) is 0 Å². The van der Waals surface area contributed by atoms with Gasteiger partial charge in [-0.3, -0.25) is 0 Å². The molecule has 1 fully saturated rings. The number of carbonyl (C=O) groups excluding carboxylic acids is 1. The molecule has 2 aliphatic rings. The number of rotatable bonds is 3. The lowest BCUT2D eigenvalue weighted by molar-refractivity contribution is 0.00724. The maximum Gasteiger partial charge on any atom is 0.410 e. The molecule has 0 aromatic carbocycles. The van der Waals surface area contributed by atoms with Gasteiger partial charge < -0.3 is 14.4 Å². The van der Waals surface area contributed by atoms with Crippen LogP contribution in [0.3, 0.4) is 0 Å². The Morgan fingerprint density at radius 2 is 1.87 bits per heavy atom. The molecular weight excluding hydrogens is 402 g/mol. The van der Waals surface area contributed by atoms with E-state index in [2.05, 4.69) is 9.71 Å². The summed E-state index contributed by atoms with van der Waals surface area (Å²) in [7, 11) is 0.388. The van der Waals surface area contributed by atoms with Crippen LogP contribution in [0.4, 0.5) is 4.79 Å². The molecular formula is C22H35N3O4S. The van der Waals surface area contributed by atoms with Gasteiger partial charge in [0.1, 0.15) is 5.60 Å². The van der Waals surface area contributed by atoms with E-state index in [4.69, 9.17) is 9.47 Å². The molecule has 30 heavy (non-hydrogen) atoms. The van der Waals surface area contributed by atoms with Crippen molar-refractivity contribution in [1.29, 1.82) is 0 Å². The van der Waals surface area contributed by atoms with Crippen LogP contribution in [0.1, 0.15) is 71.6 Å². The highest BCUT2D eigenvalue weighted by atomic mass is 32.2. The zero-order valence-corrected chi connectivity index (χ0v) is 20.0. The van der Waals surface area contributed by atoms with E-state index >= 15 is 0 Å². The molecule has 1 aromatic heterocycles. The monoisotopic (exact) mass is 437 g/mol. The van der Waals surface area contributed by atoms with Crippen molar-refractivity contribution >= 4 is 17.1 Å². The number of ether oxygens (including phenoxy) is 2. The molecule has 1 aromatic rings. The molecule has 1 aliphatic heterocycles. The van der Waals surface area contributed by atoms with Crippen molar-refractivity contribution in [2.45, 2.75) is 77.2 Å². The van der Waals surface area contributed by atoms with Gasteiger partial charge in [0.2, 0.25) is 5.88 Å². The summed E-state index contributed by atoms with van der Waals surface area (Å²) in [4.78, 5) is 18.7. The molecule has 0 saturated carbocycles. The highest BCUT2D eigenvalue weighted by Gasteiger charge is 2.50. The number of nitrogens with one attached hydrogen (secondary N) is 1. The minimum atomic E-state index is -1.22. The molecule has 1 spiro atoms. The van der Waals surface area contributed by atoms with Crippen molar-refractivity contribution in [3.8, 4) is 5.88 Å². The fourth-order valence-electron chi connectivity index (χ4n) is 4.22. The van der Waals surface area contributed by atoms with Crippen molar-refractivity contribution in [2.24, 2.45) is 5.41 Å². The number of pyridine rings is 1. The molecule has 0 unspecified atom stereocenters. The van der Waals surface area contributed by atoms with Gasteiger partial charge in [-0.25, -0.2) is 18.7 Å². The summed E-state index contributed by atoms with van der Waals surface area (Å²) in [5, 5.41) is 0. The molecule has 2 atom stereocenters. The number of hydrogen-bond acceptors (Lipinski definition) is 5. The lowest BCUT2D eigenvalue weighted by Gasteiger charge is -2.44. The number of hydrogen-bond donors (Lipinski definition) is 1. The van der Waals surface area contributed by atoms with Gasteiger partial charge >= 0.3 is 6.09 Å². The molecule has 1 amide bonds. The zero-order chi connectivity index (χ0) is 22.3. The van der Waals surface area contributed by atoms with Gasteiger partial charge in [-0.05, 0) is 77.3 Å². The summed E-state index contributed by atoms with van der Waals surface area (Å²) >= 11 is 0. The Morgan fingerprint density at radius 3 is 2.40 bits per heavy atom. The minimum Gasteiger partial charge on any atom is -0.481 e. The van der Waals surface area contributed by atoms with E-state index in [9.17, 15) is 9.00 Å². The summed E-state index contributed by atoms with van der Waals surface area (Å²) in [6, 6.07) is 1.88. The van der Waals surface area contributed by atoms with E-state index in [0.717, 1.165) is 30.4 Å². The largest absolute Gasteiger partial charge is 0.481 e. The molecule has 2 heterocycles. The van der Waals surface area contributed by atoms with Crippen LogP contribution in [0.15, 0.2) is 12.3 Å². The molecule has 1 N–H and O–H groups in total. The maximum absolute atomic E-state index is 13.0. The first kappa shape index (κ1) is 23.0. The fraction of sp³-hybridized carbons (Fsp3) is 0.727. The predicted octanol–water partition coefficient (Wildman–Crippen LogP) is 3.76. The summed E-state index contributed by atoms with van der Waals surface area (Å²) in [6.07, 6.45) is 4.07. The number of likely N-dealkylation sites (tertiary alicyclic amines) is 1. The van der Waals surface area contributed by atoms with Crippen molar-refractivity contribution in [3.05, 3.63) is 23.4 Å². The van der Waals surface area contributed by atoms with Gasteiger partial charge in [0.05, 0.1) is 28.9 Å². The number of piperidine rings is 1. The van der Waals surface area contributed by atoms with Gasteiger partial charge in [0, 0.05) is 25.4 Å². The summed E-state index contributed by atoms with van der Waals surface area (Å²) in [5.74, 6) is 0.560. The van der Waals surface area contributed by atoms with Crippen molar-refractivity contribution in [2.75, 3.05) is 20.2 Å². The van der Waals surface area contributed by atoms with Crippen LogP contribution in [0, 0.1) is 5.41 Å². The van der Waals surface area contributed by atoms with E-state index in [1.54, 1.807) is 12.0 Å². The smallest absolute Gasteiger partial charge is 0.410 e. The number of aromatic nitrogens is 1. The minimum absolute atomic E-state index is 0.0785. The molecule has 8 heteroatoms. The van der Waals surface area contributed by atoms with Crippen LogP contribution in [-0.2, 0) is 22.1 Å². The van der Waals surface area contributed by atoms with Gasteiger partial charge in [0.25, 0.3) is 0 Å². The number of fused-ring (bicyclic) bond motifs is 1. The lowest BCUT2D eigenvalue weighted by atomic mass is 9.73. The molecule has 3 rings (SSSR count).